The molecule has 0 spiro atoms. The summed E-state index contributed by atoms with van der Waals surface area (Å²) in [6.07, 6.45) is 3.67. The zero-order valence-electron chi connectivity index (χ0n) is 11.7. The molecule has 0 radical (unpaired) electrons. The summed E-state index contributed by atoms with van der Waals surface area (Å²) in [5.41, 5.74) is 4.25. The van der Waals surface area contributed by atoms with Gasteiger partial charge in [0, 0.05) is 36.6 Å². The van der Waals surface area contributed by atoms with Gasteiger partial charge in [0.2, 0.25) is 0 Å². The van der Waals surface area contributed by atoms with Crippen molar-refractivity contribution in [2.75, 3.05) is 31.2 Å². The monoisotopic (exact) mass is 280 g/mol. The Morgan fingerprint density at radius 2 is 1.95 bits per heavy atom. The molecule has 4 heterocycles. The molecule has 2 aromatic heterocycles. The van der Waals surface area contributed by atoms with Crippen molar-refractivity contribution in [3.05, 3.63) is 53.5 Å². The van der Waals surface area contributed by atoms with Gasteiger partial charge in [-0.1, -0.05) is 6.07 Å². The number of morpholine rings is 1. The van der Waals surface area contributed by atoms with Gasteiger partial charge < -0.3 is 9.64 Å². The zero-order valence-corrected chi connectivity index (χ0v) is 11.7. The largest absolute Gasteiger partial charge is 0.378 e. The average Bonchev–Trinajstić information content (AvgIpc) is 3.00. The predicted octanol–water partition coefficient (Wildman–Crippen LogP) is 1.66. The molecule has 0 atom stereocenters. The van der Waals surface area contributed by atoms with E-state index in [1.165, 1.54) is 5.56 Å². The Balaban J connectivity index is 1.67. The Kier molecular flexibility index (Phi) is 3.12. The molecule has 0 N–H and O–H groups in total. The van der Waals surface area contributed by atoms with E-state index in [-0.39, 0.29) is 0 Å². The summed E-state index contributed by atoms with van der Waals surface area (Å²) in [6.45, 7) is 4.01. The normalized spacial score (nSPS) is 17.5. The fourth-order valence-electron chi connectivity index (χ4n) is 2.78. The lowest BCUT2D eigenvalue weighted by Crippen LogP contribution is -2.36. The minimum absolute atomic E-state index is 0.716. The topological polar surface area (TPSA) is 50.6 Å². The number of anilines is 1. The lowest BCUT2D eigenvalue weighted by molar-refractivity contribution is 0.122. The SMILES string of the molecule is c1cnc2c(c1)CN=C2c1ccnc(N2CCOCC2)c1. The first-order chi connectivity index (χ1) is 10.4. The molecule has 21 heavy (non-hydrogen) atoms. The van der Waals surface area contributed by atoms with Gasteiger partial charge in [0.1, 0.15) is 5.82 Å². The maximum absolute atomic E-state index is 5.39. The second-order valence-corrected chi connectivity index (χ2v) is 5.18. The highest BCUT2D eigenvalue weighted by Gasteiger charge is 2.20. The lowest BCUT2D eigenvalue weighted by atomic mass is 10.1. The van der Waals surface area contributed by atoms with Crippen molar-refractivity contribution in [3.63, 3.8) is 0 Å². The van der Waals surface area contributed by atoms with Crippen molar-refractivity contribution in [2.24, 2.45) is 4.99 Å². The maximum Gasteiger partial charge on any atom is 0.129 e. The van der Waals surface area contributed by atoms with E-state index in [4.69, 9.17) is 4.74 Å². The Bertz CT molecular complexity index is 692. The van der Waals surface area contributed by atoms with E-state index in [0.29, 0.717) is 6.54 Å². The lowest BCUT2D eigenvalue weighted by Gasteiger charge is -2.28. The van der Waals surface area contributed by atoms with Crippen LogP contribution in [0.3, 0.4) is 0 Å². The van der Waals surface area contributed by atoms with E-state index in [1.54, 1.807) is 0 Å². The van der Waals surface area contributed by atoms with Gasteiger partial charge in [-0.2, -0.15) is 0 Å². The highest BCUT2D eigenvalue weighted by molar-refractivity contribution is 6.14. The molecule has 0 aliphatic carbocycles. The first-order valence-corrected chi connectivity index (χ1v) is 7.20. The number of rotatable bonds is 2. The van der Waals surface area contributed by atoms with Crippen LogP contribution in [0.2, 0.25) is 0 Å². The molecule has 0 bridgehead atoms. The molecule has 2 aliphatic rings. The van der Waals surface area contributed by atoms with Crippen LogP contribution in [0.25, 0.3) is 0 Å². The van der Waals surface area contributed by atoms with Crippen molar-refractivity contribution in [3.8, 4) is 0 Å². The molecule has 1 fully saturated rings. The quantitative estimate of drug-likeness (QED) is 0.839. The molecule has 106 valence electrons. The van der Waals surface area contributed by atoms with Crippen molar-refractivity contribution < 1.29 is 4.74 Å². The Morgan fingerprint density at radius 1 is 1.05 bits per heavy atom. The molecule has 0 amide bonds. The third-order valence-corrected chi connectivity index (χ3v) is 3.88. The van der Waals surface area contributed by atoms with Crippen LogP contribution in [0.5, 0.6) is 0 Å². The van der Waals surface area contributed by atoms with Crippen LogP contribution in [-0.2, 0) is 11.3 Å². The molecule has 0 unspecified atom stereocenters. The number of nitrogens with zero attached hydrogens (tertiary/aromatic N) is 4. The predicted molar refractivity (Wildman–Crippen MR) is 80.8 cm³/mol. The Labute approximate surface area is 123 Å². The summed E-state index contributed by atoms with van der Waals surface area (Å²) in [5.74, 6) is 0.989. The van der Waals surface area contributed by atoms with Crippen molar-refractivity contribution in [2.45, 2.75) is 6.54 Å². The first kappa shape index (κ1) is 12.5. The van der Waals surface area contributed by atoms with Gasteiger partial charge in [-0.05, 0) is 18.2 Å². The summed E-state index contributed by atoms with van der Waals surface area (Å²) < 4.78 is 5.39. The summed E-state index contributed by atoms with van der Waals surface area (Å²) in [7, 11) is 0. The number of aliphatic imine (C=N–C) groups is 1. The van der Waals surface area contributed by atoms with Gasteiger partial charge in [0.15, 0.2) is 0 Å². The van der Waals surface area contributed by atoms with Crippen LogP contribution < -0.4 is 4.90 Å². The smallest absolute Gasteiger partial charge is 0.129 e. The second-order valence-electron chi connectivity index (χ2n) is 5.18. The molecule has 5 nitrogen and oxygen atoms in total. The summed E-state index contributed by atoms with van der Waals surface area (Å²) in [4.78, 5) is 15.9. The van der Waals surface area contributed by atoms with E-state index in [0.717, 1.165) is 49.1 Å². The van der Waals surface area contributed by atoms with Crippen molar-refractivity contribution in [1.29, 1.82) is 0 Å². The number of ether oxygens (including phenoxy) is 1. The highest BCUT2D eigenvalue weighted by atomic mass is 16.5. The number of pyridine rings is 2. The molecular weight excluding hydrogens is 264 g/mol. The van der Waals surface area contributed by atoms with Gasteiger partial charge in [-0.25, -0.2) is 4.98 Å². The molecule has 2 aromatic rings. The molecule has 1 saturated heterocycles. The van der Waals surface area contributed by atoms with E-state index >= 15 is 0 Å². The van der Waals surface area contributed by atoms with Gasteiger partial charge in [-0.3, -0.25) is 9.98 Å². The van der Waals surface area contributed by atoms with Crippen LogP contribution >= 0.6 is 0 Å². The number of aromatic nitrogens is 2. The minimum Gasteiger partial charge on any atom is -0.378 e. The first-order valence-electron chi connectivity index (χ1n) is 7.20. The molecular formula is C16H16N4O. The van der Waals surface area contributed by atoms with E-state index in [1.807, 2.05) is 24.5 Å². The van der Waals surface area contributed by atoms with Gasteiger partial charge in [0.25, 0.3) is 0 Å². The van der Waals surface area contributed by atoms with E-state index in [2.05, 4.69) is 32.0 Å². The maximum atomic E-state index is 5.39. The third-order valence-electron chi connectivity index (χ3n) is 3.88. The summed E-state index contributed by atoms with van der Waals surface area (Å²) in [6, 6.07) is 8.16. The Hall–Kier alpha value is -2.27. The van der Waals surface area contributed by atoms with Gasteiger partial charge in [0.05, 0.1) is 31.2 Å². The number of hydrogen-bond donors (Lipinski definition) is 0. The molecule has 2 aliphatic heterocycles. The minimum atomic E-state index is 0.716. The van der Waals surface area contributed by atoms with E-state index < -0.39 is 0 Å². The summed E-state index contributed by atoms with van der Waals surface area (Å²) >= 11 is 0. The fourth-order valence-corrected chi connectivity index (χ4v) is 2.78. The standard InChI is InChI=1S/C16H16N4O/c1-2-13-11-19-15(16(13)18-4-1)12-3-5-17-14(10-12)20-6-8-21-9-7-20/h1-5,10H,6-9,11H2. The average molecular weight is 280 g/mol. The molecule has 5 heteroatoms. The second kappa shape index (κ2) is 5.26. The van der Waals surface area contributed by atoms with Crippen molar-refractivity contribution in [1.82, 2.24) is 9.97 Å². The van der Waals surface area contributed by atoms with E-state index in [9.17, 15) is 0 Å². The summed E-state index contributed by atoms with van der Waals surface area (Å²) in [5, 5.41) is 0. The Morgan fingerprint density at radius 3 is 2.86 bits per heavy atom. The molecule has 4 rings (SSSR count). The molecule has 0 aromatic carbocycles. The van der Waals surface area contributed by atoms with Crippen LogP contribution in [0.15, 0.2) is 41.7 Å². The fraction of sp³-hybridized carbons (Fsp3) is 0.312. The van der Waals surface area contributed by atoms with Crippen LogP contribution in [0, 0.1) is 0 Å². The van der Waals surface area contributed by atoms with Gasteiger partial charge in [-0.15, -0.1) is 0 Å². The zero-order chi connectivity index (χ0) is 14.1. The number of fused-ring (bicyclic) bond motifs is 1. The van der Waals surface area contributed by atoms with Crippen LogP contribution in [-0.4, -0.2) is 42.0 Å². The molecule has 0 saturated carbocycles. The third kappa shape index (κ3) is 2.29. The van der Waals surface area contributed by atoms with Gasteiger partial charge >= 0.3 is 0 Å². The van der Waals surface area contributed by atoms with Crippen LogP contribution in [0.4, 0.5) is 5.82 Å². The highest BCUT2D eigenvalue weighted by Crippen LogP contribution is 2.23. The van der Waals surface area contributed by atoms with Crippen molar-refractivity contribution >= 4 is 11.5 Å². The van der Waals surface area contributed by atoms with Crippen LogP contribution in [0.1, 0.15) is 16.8 Å². The number of hydrogen-bond acceptors (Lipinski definition) is 5.